The molecule has 24 heavy (non-hydrogen) atoms. The number of halogens is 2. The van der Waals surface area contributed by atoms with Gasteiger partial charge in [0.15, 0.2) is 0 Å². The molecule has 2 rings (SSSR count). The summed E-state index contributed by atoms with van der Waals surface area (Å²) in [5.74, 6) is 1.42. The van der Waals surface area contributed by atoms with E-state index in [1.807, 2.05) is 18.7 Å². The Labute approximate surface area is 156 Å². The summed E-state index contributed by atoms with van der Waals surface area (Å²) in [6.45, 7) is 12.2. The van der Waals surface area contributed by atoms with E-state index in [-0.39, 0.29) is 36.8 Å². The zero-order chi connectivity index (χ0) is 16.3. The number of carbonyl (C=O) groups is 1. The maximum Gasteiger partial charge on any atom is 0.239 e. The van der Waals surface area contributed by atoms with Crippen molar-refractivity contribution in [1.82, 2.24) is 15.0 Å². The molecule has 1 aliphatic rings. The molecule has 0 aliphatic carbocycles. The number of rotatable bonds is 5. The first kappa shape index (κ1) is 23.2. The number of aromatic nitrogens is 1. The predicted molar refractivity (Wildman–Crippen MR) is 99.8 cm³/mol. The fraction of sp³-hybridized carbons (Fsp3) is 0.750. The summed E-state index contributed by atoms with van der Waals surface area (Å²) in [5, 5.41) is 3.99. The van der Waals surface area contributed by atoms with Gasteiger partial charge in [0.1, 0.15) is 5.76 Å². The van der Waals surface area contributed by atoms with Crippen LogP contribution in [0.5, 0.6) is 0 Å². The van der Waals surface area contributed by atoms with Crippen molar-refractivity contribution < 1.29 is 9.32 Å². The topological polar surface area (TPSA) is 75.6 Å². The maximum atomic E-state index is 12.3. The van der Waals surface area contributed by atoms with Crippen LogP contribution in [0.2, 0.25) is 0 Å². The molecule has 0 bridgehead atoms. The summed E-state index contributed by atoms with van der Waals surface area (Å²) in [5.41, 5.74) is 8.12. The minimum absolute atomic E-state index is 0. The van der Waals surface area contributed by atoms with E-state index in [9.17, 15) is 4.79 Å². The van der Waals surface area contributed by atoms with Gasteiger partial charge in [-0.15, -0.1) is 24.8 Å². The molecule has 1 aliphatic heterocycles. The third-order valence-electron chi connectivity index (χ3n) is 4.29. The Morgan fingerprint density at radius 2 is 1.79 bits per heavy atom. The molecule has 1 atom stereocenters. The van der Waals surface area contributed by atoms with E-state index in [1.54, 1.807) is 0 Å². The number of carbonyl (C=O) groups excluding carboxylic acids is 1. The van der Waals surface area contributed by atoms with Gasteiger partial charge in [-0.05, 0) is 26.2 Å². The van der Waals surface area contributed by atoms with Crippen LogP contribution in [0.25, 0.3) is 0 Å². The minimum Gasteiger partial charge on any atom is -0.361 e. The summed E-state index contributed by atoms with van der Waals surface area (Å²) in [4.78, 5) is 16.6. The summed E-state index contributed by atoms with van der Waals surface area (Å²) < 4.78 is 5.21. The quantitative estimate of drug-likeness (QED) is 0.846. The van der Waals surface area contributed by atoms with E-state index >= 15 is 0 Å². The van der Waals surface area contributed by atoms with Crippen LogP contribution in [0.3, 0.4) is 0 Å². The normalized spacial score (nSPS) is 16.5. The molecular formula is C16H30Cl2N4O2. The lowest BCUT2D eigenvalue weighted by molar-refractivity contribution is -0.134. The van der Waals surface area contributed by atoms with E-state index in [0.717, 1.165) is 56.2 Å². The summed E-state index contributed by atoms with van der Waals surface area (Å²) in [7, 11) is 0. The molecule has 1 aromatic rings. The van der Waals surface area contributed by atoms with Crippen molar-refractivity contribution in [3.8, 4) is 0 Å². The fourth-order valence-corrected chi connectivity index (χ4v) is 2.92. The summed E-state index contributed by atoms with van der Waals surface area (Å²) >= 11 is 0. The van der Waals surface area contributed by atoms with Crippen molar-refractivity contribution >= 4 is 30.7 Å². The molecule has 1 aromatic heterocycles. The van der Waals surface area contributed by atoms with Crippen LogP contribution in [-0.4, -0.2) is 53.1 Å². The van der Waals surface area contributed by atoms with E-state index in [1.165, 1.54) is 0 Å². The minimum atomic E-state index is -0.367. The zero-order valence-electron chi connectivity index (χ0n) is 14.9. The fourth-order valence-electron chi connectivity index (χ4n) is 2.92. The molecule has 140 valence electrons. The highest BCUT2D eigenvalue weighted by Crippen LogP contribution is 2.16. The Hall–Kier alpha value is -0.820. The average molecular weight is 381 g/mol. The van der Waals surface area contributed by atoms with Crippen LogP contribution in [0.1, 0.15) is 37.3 Å². The number of hydrogen-bond acceptors (Lipinski definition) is 5. The van der Waals surface area contributed by atoms with E-state index in [4.69, 9.17) is 10.3 Å². The SMILES string of the molecule is Cc1noc(C)c1CN1CCN(C(=O)[C@@H](N)CC(C)C)CC1.Cl.Cl. The van der Waals surface area contributed by atoms with Crippen LogP contribution in [-0.2, 0) is 11.3 Å². The first-order chi connectivity index (χ1) is 10.4. The van der Waals surface area contributed by atoms with Gasteiger partial charge in [0.05, 0.1) is 11.7 Å². The molecule has 2 heterocycles. The Bertz CT molecular complexity index is 495. The molecule has 1 amide bonds. The maximum absolute atomic E-state index is 12.3. The van der Waals surface area contributed by atoms with Gasteiger partial charge in [-0.2, -0.15) is 0 Å². The highest BCUT2D eigenvalue weighted by atomic mass is 35.5. The van der Waals surface area contributed by atoms with Crippen molar-refractivity contribution in [3.05, 3.63) is 17.0 Å². The lowest BCUT2D eigenvalue weighted by Crippen LogP contribution is -2.53. The highest BCUT2D eigenvalue weighted by Gasteiger charge is 2.26. The smallest absolute Gasteiger partial charge is 0.239 e. The molecule has 8 heteroatoms. The molecule has 0 radical (unpaired) electrons. The van der Waals surface area contributed by atoms with Crippen LogP contribution in [0.15, 0.2) is 4.52 Å². The van der Waals surface area contributed by atoms with E-state index < -0.39 is 0 Å². The highest BCUT2D eigenvalue weighted by molar-refractivity contribution is 5.85. The lowest BCUT2D eigenvalue weighted by Gasteiger charge is -2.36. The molecule has 2 N–H and O–H groups in total. The molecule has 6 nitrogen and oxygen atoms in total. The lowest BCUT2D eigenvalue weighted by atomic mass is 10.0. The van der Waals surface area contributed by atoms with Crippen molar-refractivity contribution in [1.29, 1.82) is 0 Å². The summed E-state index contributed by atoms with van der Waals surface area (Å²) in [6, 6.07) is -0.367. The van der Waals surface area contributed by atoms with E-state index in [0.29, 0.717) is 5.92 Å². The van der Waals surface area contributed by atoms with Gasteiger partial charge in [-0.25, -0.2) is 0 Å². The number of amides is 1. The third kappa shape index (κ3) is 5.92. The molecule has 1 saturated heterocycles. The summed E-state index contributed by atoms with van der Waals surface area (Å²) in [6.07, 6.45) is 0.748. The Morgan fingerprint density at radius 3 is 2.25 bits per heavy atom. The van der Waals surface area contributed by atoms with Crippen molar-refractivity contribution in [2.24, 2.45) is 11.7 Å². The number of nitrogens with zero attached hydrogens (tertiary/aromatic N) is 3. The van der Waals surface area contributed by atoms with Crippen molar-refractivity contribution in [3.63, 3.8) is 0 Å². The van der Waals surface area contributed by atoms with Gasteiger partial charge in [0, 0.05) is 38.3 Å². The van der Waals surface area contributed by atoms with E-state index in [2.05, 4.69) is 23.9 Å². The number of aryl methyl sites for hydroxylation is 2. The Balaban J connectivity index is 0.00000264. The molecule has 1 fully saturated rings. The molecule has 0 unspecified atom stereocenters. The third-order valence-corrected chi connectivity index (χ3v) is 4.29. The number of hydrogen-bond donors (Lipinski definition) is 1. The van der Waals surface area contributed by atoms with Gasteiger partial charge >= 0.3 is 0 Å². The zero-order valence-corrected chi connectivity index (χ0v) is 16.6. The van der Waals surface area contributed by atoms with Crippen LogP contribution >= 0.6 is 24.8 Å². The number of piperazine rings is 1. The second kappa shape index (κ2) is 10.2. The standard InChI is InChI=1S/C16H28N4O2.2ClH/c1-11(2)9-15(17)16(21)20-7-5-19(6-8-20)10-14-12(3)18-22-13(14)4;;/h11,15H,5-10,17H2,1-4H3;2*1H/t15-;;/m0../s1. The molecule has 0 spiro atoms. The van der Waals surface area contributed by atoms with Crippen LogP contribution in [0.4, 0.5) is 0 Å². The monoisotopic (exact) mass is 380 g/mol. The van der Waals surface area contributed by atoms with Crippen molar-refractivity contribution in [2.75, 3.05) is 26.2 Å². The second-order valence-electron chi connectivity index (χ2n) is 6.64. The molecule has 0 saturated carbocycles. The van der Waals surface area contributed by atoms with Gasteiger partial charge in [0.25, 0.3) is 0 Å². The van der Waals surface area contributed by atoms with Crippen LogP contribution < -0.4 is 5.73 Å². The molecule has 0 aromatic carbocycles. The Kier molecular flexibility index (Phi) is 9.88. The van der Waals surface area contributed by atoms with Gasteiger partial charge < -0.3 is 15.2 Å². The molecular weight excluding hydrogens is 351 g/mol. The Morgan fingerprint density at radius 1 is 1.21 bits per heavy atom. The van der Waals surface area contributed by atoms with Gasteiger partial charge in [0.2, 0.25) is 5.91 Å². The number of nitrogens with two attached hydrogens (primary N) is 1. The second-order valence-corrected chi connectivity index (χ2v) is 6.64. The van der Waals surface area contributed by atoms with Crippen molar-refractivity contribution in [2.45, 2.75) is 46.7 Å². The van der Waals surface area contributed by atoms with Gasteiger partial charge in [-0.1, -0.05) is 19.0 Å². The first-order valence-electron chi connectivity index (χ1n) is 8.07. The predicted octanol–water partition coefficient (Wildman–Crippen LogP) is 2.15. The first-order valence-corrected chi connectivity index (χ1v) is 8.07. The van der Waals surface area contributed by atoms with Gasteiger partial charge in [-0.3, -0.25) is 9.69 Å². The average Bonchev–Trinajstić information content (AvgIpc) is 2.78. The van der Waals surface area contributed by atoms with Crippen LogP contribution in [0, 0.1) is 19.8 Å². The largest absolute Gasteiger partial charge is 0.361 e.